The average Bonchev–Trinajstić information content (AvgIpc) is 2.08. The van der Waals surface area contributed by atoms with E-state index in [-0.39, 0.29) is 12.0 Å². The Morgan fingerprint density at radius 1 is 1.20 bits per heavy atom. The normalized spacial score (nSPS) is 10.0. The van der Waals surface area contributed by atoms with Gasteiger partial charge in [0.05, 0.1) is 12.0 Å². The van der Waals surface area contributed by atoms with Crippen LogP contribution in [0.4, 0.5) is 0 Å². The molecule has 0 amide bonds. The maximum absolute atomic E-state index is 10.9. The molecule has 1 rings (SSSR count). The summed E-state index contributed by atoms with van der Waals surface area (Å²) >= 11 is 0. The molecule has 0 atom stereocenters. The van der Waals surface area contributed by atoms with Crippen molar-refractivity contribution in [3.8, 4) is 0 Å². The van der Waals surface area contributed by atoms with Crippen molar-refractivity contribution in [3.63, 3.8) is 0 Å². The highest BCUT2D eigenvalue weighted by Crippen LogP contribution is 2.18. The molecule has 0 bridgehead atoms. The summed E-state index contributed by atoms with van der Waals surface area (Å²) in [5.74, 6) is -2.11. The van der Waals surface area contributed by atoms with Crippen molar-refractivity contribution in [2.75, 3.05) is 0 Å². The van der Waals surface area contributed by atoms with E-state index >= 15 is 0 Å². The highest BCUT2D eigenvalue weighted by Gasteiger charge is 2.15. The summed E-state index contributed by atoms with van der Waals surface area (Å²) in [5.41, 5.74) is 1.98. The zero-order valence-electron chi connectivity index (χ0n) is 8.57. The Balaban J connectivity index is 3.33. The minimum absolute atomic E-state index is 0.0786. The predicted octanol–water partition coefficient (Wildman–Crippen LogP) is 1.63. The first-order chi connectivity index (χ1) is 6.91. The van der Waals surface area contributed by atoms with Crippen molar-refractivity contribution in [1.29, 1.82) is 0 Å². The van der Waals surface area contributed by atoms with Gasteiger partial charge in [0.15, 0.2) is 0 Å². The van der Waals surface area contributed by atoms with Crippen molar-refractivity contribution in [2.24, 2.45) is 0 Å². The number of carboxylic acid groups (broad SMARTS) is 2. The predicted molar refractivity (Wildman–Crippen MR) is 54.2 cm³/mol. The van der Waals surface area contributed by atoms with Crippen LogP contribution in [-0.2, 0) is 11.2 Å². The maximum Gasteiger partial charge on any atom is 0.335 e. The number of carbonyl (C=O) groups is 2. The smallest absolute Gasteiger partial charge is 0.335 e. The highest BCUT2D eigenvalue weighted by atomic mass is 16.4. The van der Waals surface area contributed by atoms with Gasteiger partial charge in [0.25, 0.3) is 0 Å². The van der Waals surface area contributed by atoms with E-state index < -0.39 is 11.9 Å². The fourth-order valence-corrected chi connectivity index (χ4v) is 1.57. The van der Waals surface area contributed by atoms with E-state index in [0.717, 1.165) is 5.56 Å². The fourth-order valence-electron chi connectivity index (χ4n) is 1.57. The lowest BCUT2D eigenvalue weighted by Gasteiger charge is -2.08. The third-order valence-electron chi connectivity index (χ3n) is 2.18. The average molecular weight is 208 g/mol. The highest BCUT2D eigenvalue weighted by molar-refractivity contribution is 5.91. The Morgan fingerprint density at radius 2 is 1.80 bits per heavy atom. The van der Waals surface area contributed by atoms with Gasteiger partial charge in [0.1, 0.15) is 0 Å². The van der Waals surface area contributed by atoms with Gasteiger partial charge in [-0.05, 0) is 36.6 Å². The van der Waals surface area contributed by atoms with Gasteiger partial charge in [-0.1, -0.05) is 6.07 Å². The molecule has 4 heteroatoms. The lowest BCUT2D eigenvalue weighted by atomic mass is 9.96. The first-order valence-corrected chi connectivity index (χ1v) is 4.47. The van der Waals surface area contributed by atoms with Crippen LogP contribution in [0, 0.1) is 13.8 Å². The Bertz CT molecular complexity index is 421. The van der Waals surface area contributed by atoms with E-state index in [1.807, 2.05) is 0 Å². The van der Waals surface area contributed by atoms with E-state index in [9.17, 15) is 9.59 Å². The van der Waals surface area contributed by atoms with Gasteiger partial charge in [-0.3, -0.25) is 4.79 Å². The second-order valence-electron chi connectivity index (χ2n) is 3.48. The molecule has 15 heavy (non-hydrogen) atoms. The largest absolute Gasteiger partial charge is 0.481 e. The quantitative estimate of drug-likeness (QED) is 0.791. The Hall–Kier alpha value is -1.84. The van der Waals surface area contributed by atoms with Gasteiger partial charge in [-0.25, -0.2) is 4.79 Å². The number of rotatable bonds is 3. The molecule has 0 spiro atoms. The molecule has 0 fully saturated rings. The summed E-state index contributed by atoms with van der Waals surface area (Å²) in [6.07, 6.45) is -0.256. The summed E-state index contributed by atoms with van der Waals surface area (Å²) in [5, 5.41) is 17.6. The van der Waals surface area contributed by atoms with Crippen LogP contribution in [0.5, 0.6) is 0 Å². The summed E-state index contributed by atoms with van der Waals surface area (Å²) in [6, 6.07) is 3.28. The standard InChI is InChI=1S/C11H12O4/c1-6-3-7(2)8(5-10(12)13)9(4-6)11(14)15/h3-4H,5H2,1-2H3,(H,12,13)(H,14,15). The number of hydrogen-bond acceptors (Lipinski definition) is 2. The number of carboxylic acids is 2. The molecule has 0 aromatic heterocycles. The molecule has 80 valence electrons. The van der Waals surface area contributed by atoms with Crippen molar-refractivity contribution >= 4 is 11.9 Å². The third-order valence-corrected chi connectivity index (χ3v) is 2.18. The van der Waals surface area contributed by atoms with Crippen LogP contribution in [0.1, 0.15) is 27.0 Å². The lowest BCUT2D eigenvalue weighted by molar-refractivity contribution is -0.136. The number of benzene rings is 1. The van der Waals surface area contributed by atoms with Gasteiger partial charge in [0.2, 0.25) is 0 Å². The van der Waals surface area contributed by atoms with Crippen LogP contribution in [-0.4, -0.2) is 22.2 Å². The van der Waals surface area contributed by atoms with Gasteiger partial charge in [-0.2, -0.15) is 0 Å². The molecular formula is C11H12O4. The van der Waals surface area contributed by atoms with Gasteiger partial charge >= 0.3 is 11.9 Å². The van der Waals surface area contributed by atoms with Crippen molar-refractivity contribution in [2.45, 2.75) is 20.3 Å². The van der Waals surface area contributed by atoms with Crippen LogP contribution in [0.2, 0.25) is 0 Å². The Labute approximate surface area is 87.2 Å². The Kier molecular flexibility index (Phi) is 3.09. The number of aliphatic carboxylic acids is 1. The van der Waals surface area contributed by atoms with Crippen molar-refractivity contribution in [3.05, 3.63) is 34.4 Å². The molecule has 0 saturated heterocycles. The van der Waals surface area contributed by atoms with Crippen molar-refractivity contribution < 1.29 is 19.8 Å². The maximum atomic E-state index is 10.9. The molecule has 4 nitrogen and oxygen atoms in total. The molecule has 1 aromatic carbocycles. The van der Waals surface area contributed by atoms with Gasteiger partial charge in [-0.15, -0.1) is 0 Å². The minimum Gasteiger partial charge on any atom is -0.481 e. The molecule has 0 unspecified atom stereocenters. The zero-order valence-corrected chi connectivity index (χ0v) is 8.57. The minimum atomic E-state index is -1.09. The summed E-state index contributed by atoms with van der Waals surface area (Å²) < 4.78 is 0. The monoisotopic (exact) mass is 208 g/mol. The van der Waals surface area contributed by atoms with E-state index in [1.54, 1.807) is 19.9 Å². The zero-order chi connectivity index (χ0) is 11.6. The summed E-state index contributed by atoms with van der Waals surface area (Å²) in [4.78, 5) is 21.5. The summed E-state index contributed by atoms with van der Waals surface area (Å²) in [6.45, 7) is 3.50. The molecule has 2 N–H and O–H groups in total. The first kappa shape index (κ1) is 11.2. The van der Waals surface area contributed by atoms with Crippen LogP contribution in [0.15, 0.2) is 12.1 Å². The molecule has 0 radical (unpaired) electrons. The van der Waals surface area contributed by atoms with E-state index in [2.05, 4.69) is 0 Å². The number of hydrogen-bond donors (Lipinski definition) is 2. The van der Waals surface area contributed by atoms with E-state index in [0.29, 0.717) is 11.1 Å². The molecule has 0 heterocycles. The van der Waals surface area contributed by atoms with Crippen LogP contribution in [0.3, 0.4) is 0 Å². The molecular weight excluding hydrogens is 196 g/mol. The number of aromatic carboxylic acids is 1. The molecule has 0 aliphatic heterocycles. The second-order valence-corrected chi connectivity index (χ2v) is 3.48. The van der Waals surface area contributed by atoms with Crippen LogP contribution >= 0.6 is 0 Å². The van der Waals surface area contributed by atoms with Gasteiger partial charge < -0.3 is 10.2 Å². The fraction of sp³-hybridized carbons (Fsp3) is 0.273. The molecule has 0 saturated carbocycles. The van der Waals surface area contributed by atoms with E-state index in [1.165, 1.54) is 6.07 Å². The molecule has 0 aliphatic carbocycles. The topological polar surface area (TPSA) is 74.6 Å². The summed E-state index contributed by atoms with van der Waals surface area (Å²) in [7, 11) is 0. The van der Waals surface area contributed by atoms with Crippen LogP contribution < -0.4 is 0 Å². The second kappa shape index (κ2) is 4.13. The molecule has 1 aromatic rings. The van der Waals surface area contributed by atoms with Gasteiger partial charge in [0, 0.05) is 0 Å². The third kappa shape index (κ3) is 2.56. The number of aryl methyl sites for hydroxylation is 2. The first-order valence-electron chi connectivity index (χ1n) is 4.47. The lowest BCUT2D eigenvalue weighted by Crippen LogP contribution is -2.10. The Morgan fingerprint density at radius 3 is 2.27 bits per heavy atom. The van der Waals surface area contributed by atoms with Crippen LogP contribution in [0.25, 0.3) is 0 Å². The SMILES string of the molecule is Cc1cc(C)c(CC(=O)O)c(C(=O)O)c1. The molecule has 0 aliphatic rings. The van der Waals surface area contributed by atoms with E-state index in [4.69, 9.17) is 10.2 Å². The van der Waals surface area contributed by atoms with Crippen molar-refractivity contribution in [1.82, 2.24) is 0 Å².